The minimum atomic E-state index is -0.774. The summed E-state index contributed by atoms with van der Waals surface area (Å²) < 4.78 is 4.88. The molecule has 0 saturated heterocycles. The van der Waals surface area contributed by atoms with E-state index in [1.54, 1.807) is 13.0 Å². The first-order chi connectivity index (χ1) is 8.49. The molecule has 1 aromatic rings. The van der Waals surface area contributed by atoms with Crippen molar-refractivity contribution in [3.8, 4) is 0 Å². The summed E-state index contributed by atoms with van der Waals surface area (Å²) in [6.07, 6.45) is -0.774. The first kappa shape index (κ1) is 14.1. The molecule has 18 heavy (non-hydrogen) atoms. The van der Waals surface area contributed by atoms with Crippen LogP contribution in [0.5, 0.6) is 0 Å². The number of nitro benzene ring substituents is 1. The normalized spacial score (nSPS) is 11.9. The van der Waals surface area contributed by atoms with Crippen LogP contribution in [0.1, 0.15) is 5.56 Å². The van der Waals surface area contributed by atoms with Gasteiger partial charge in [0, 0.05) is 25.8 Å². The maximum atomic E-state index is 11.7. The van der Waals surface area contributed by atoms with Gasteiger partial charge in [0.1, 0.15) is 6.10 Å². The second-order valence-corrected chi connectivity index (χ2v) is 3.71. The molecule has 0 aromatic heterocycles. The largest absolute Gasteiger partial charge is 0.370 e. The van der Waals surface area contributed by atoms with E-state index in [1.165, 1.54) is 19.2 Å². The zero-order chi connectivity index (χ0) is 13.7. The van der Waals surface area contributed by atoms with Gasteiger partial charge in [0.25, 0.3) is 11.6 Å². The summed E-state index contributed by atoms with van der Waals surface area (Å²) in [7, 11) is 1.37. The molecule has 1 amide bonds. The van der Waals surface area contributed by atoms with Crippen molar-refractivity contribution in [3.63, 3.8) is 0 Å². The number of nitrogens with zero attached hydrogens (tertiary/aromatic N) is 1. The van der Waals surface area contributed by atoms with Crippen LogP contribution in [0.3, 0.4) is 0 Å². The molecule has 1 rings (SSSR count). The first-order valence-electron chi connectivity index (χ1n) is 5.28. The Balaban J connectivity index is 2.93. The Morgan fingerprint density at radius 1 is 1.61 bits per heavy atom. The van der Waals surface area contributed by atoms with Crippen molar-refractivity contribution >= 4 is 17.3 Å². The van der Waals surface area contributed by atoms with Gasteiger partial charge in [-0.3, -0.25) is 14.9 Å². The van der Waals surface area contributed by atoms with Crippen molar-refractivity contribution in [1.29, 1.82) is 0 Å². The summed E-state index contributed by atoms with van der Waals surface area (Å²) >= 11 is 0. The molecule has 0 aliphatic heterocycles. The third kappa shape index (κ3) is 3.25. The quantitative estimate of drug-likeness (QED) is 0.596. The van der Waals surface area contributed by atoms with Crippen LogP contribution >= 0.6 is 0 Å². The average Bonchev–Trinajstić information content (AvgIpc) is 2.33. The highest BCUT2D eigenvalue weighted by Crippen LogP contribution is 2.21. The lowest BCUT2D eigenvalue weighted by Crippen LogP contribution is -2.36. The number of amides is 1. The van der Waals surface area contributed by atoms with Crippen molar-refractivity contribution in [2.24, 2.45) is 5.73 Å². The molecule has 7 heteroatoms. The van der Waals surface area contributed by atoms with Crippen LogP contribution < -0.4 is 11.1 Å². The zero-order valence-electron chi connectivity index (χ0n) is 10.2. The van der Waals surface area contributed by atoms with Gasteiger partial charge >= 0.3 is 0 Å². The van der Waals surface area contributed by atoms with Crippen molar-refractivity contribution < 1.29 is 14.5 Å². The Morgan fingerprint density at radius 2 is 2.28 bits per heavy atom. The van der Waals surface area contributed by atoms with E-state index in [0.717, 1.165) is 5.56 Å². The van der Waals surface area contributed by atoms with Crippen LogP contribution in [0.4, 0.5) is 11.4 Å². The fourth-order valence-corrected chi connectivity index (χ4v) is 1.38. The van der Waals surface area contributed by atoms with Crippen molar-refractivity contribution in [1.82, 2.24) is 0 Å². The van der Waals surface area contributed by atoms with E-state index < -0.39 is 16.9 Å². The summed E-state index contributed by atoms with van der Waals surface area (Å²) in [6.45, 7) is 1.78. The number of aryl methyl sites for hydroxylation is 1. The van der Waals surface area contributed by atoms with Crippen LogP contribution in [0.25, 0.3) is 0 Å². The maximum Gasteiger partial charge on any atom is 0.271 e. The average molecular weight is 253 g/mol. The first-order valence-corrected chi connectivity index (χ1v) is 5.28. The number of nitrogens with one attached hydrogen (secondary N) is 1. The number of rotatable bonds is 5. The smallest absolute Gasteiger partial charge is 0.271 e. The number of ether oxygens (including phenoxy) is 1. The van der Waals surface area contributed by atoms with Crippen LogP contribution in [0, 0.1) is 17.0 Å². The van der Waals surface area contributed by atoms with E-state index in [9.17, 15) is 14.9 Å². The van der Waals surface area contributed by atoms with E-state index in [0.29, 0.717) is 5.69 Å². The fraction of sp³-hybridized carbons (Fsp3) is 0.364. The lowest BCUT2D eigenvalue weighted by Gasteiger charge is -2.14. The topological polar surface area (TPSA) is 107 Å². The third-order valence-electron chi connectivity index (χ3n) is 2.48. The van der Waals surface area contributed by atoms with Crippen molar-refractivity contribution in [2.75, 3.05) is 19.0 Å². The van der Waals surface area contributed by atoms with Crippen LogP contribution in [0.15, 0.2) is 18.2 Å². The van der Waals surface area contributed by atoms with Gasteiger partial charge in [-0.1, -0.05) is 6.07 Å². The van der Waals surface area contributed by atoms with E-state index in [4.69, 9.17) is 10.5 Å². The Hall–Kier alpha value is -1.99. The number of nitro groups is 1. The van der Waals surface area contributed by atoms with Crippen molar-refractivity contribution in [2.45, 2.75) is 13.0 Å². The van der Waals surface area contributed by atoms with E-state index in [2.05, 4.69) is 5.32 Å². The number of nitrogens with two attached hydrogens (primary N) is 1. The number of methoxy groups -OCH3 is 1. The van der Waals surface area contributed by atoms with Gasteiger partial charge in [0.2, 0.25) is 0 Å². The van der Waals surface area contributed by atoms with Gasteiger partial charge in [0.05, 0.1) is 10.6 Å². The minimum Gasteiger partial charge on any atom is -0.370 e. The van der Waals surface area contributed by atoms with E-state index in [1.807, 2.05) is 0 Å². The Morgan fingerprint density at radius 3 is 2.78 bits per heavy atom. The molecule has 1 unspecified atom stereocenters. The van der Waals surface area contributed by atoms with Crippen LogP contribution in [-0.4, -0.2) is 30.6 Å². The summed E-state index contributed by atoms with van der Waals surface area (Å²) in [5.41, 5.74) is 6.38. The lowest BCUT2D eigenvalue weighted by atomic mass is 10.1. The highest BCUT2D eigenvalue weighted by atomic mass is 16.6. The fourth-order valence-electron chi connectivity index (χ4n) is 1.38. The Labute approximate surface area is 104 Å². The molecule has 1 atom stereocenters. The van der Waals surface area contributed by atoms with Crippen molar-refractivity contribution in [3.05, 3.63) is 33.9 Å². The number of hydrogen-bond acceptors (Lipinski definition) is 5. The molecule has 0 spiro atoms. The minimum absolute atomic E-state index is 0.0380. The highest BCUT2D eigenvalue weighted by Gasteiger charge is 2.17. The molecule has 0 fully saturated rings. The third-order valence-corrected chi connectivity index (χ3v) is 2.48. The summed E-state index contributed by atoms with van der Waals surface area (Å²) in [6, 6.07) is 4.25. The standard InChI is InChI=1S/C11H15N3O4/c1-7-3-4-8(14(16)17)5-9(7)13-11(15)10(6-12)18-2/h3-5,10H,6,12H2,1-2H3,(H,13,15). The second-order valence-electron chi connectivity index (χ2n) is 3.71. The molecule has 7 nitrogen and oxygen atoms in total. The van der Waals surface area contributed by atoms with E-state index >= 15 is 0 Å². The summed E-state index contributed by atoms with van der Waals surface area (Å²) in [4.78, 5) is 21.8. The highest BCUT2D eigenvalue weighted by molar-refractivity contribution is 5.95. The number of carbonyl (C=O) groups is 1. The van der Waals surface area contributed by atoms with E-state index in [-0.39, 0.29) is 12.2 Å². The molecule has 0 aliphatic carbocycles. The maximum absolute atomic E-state index is 11.7. The SMILES string of the molecule is COC(CN)C(=O)Nc1cc([N+](=O)[O-])ccc1C. The number of benzene rings is 1. The van der Waals surface area contributed by atoms with Gasteiger partial charge in [-0.15, -0.1) is 0 Å². The lowest BCUT2D eigenvalue weighted by molar-refractivity contribution is -0.384. The molecule has 98 valence electrons. The Kier molecular flexibility index (Phi) is 4.75. The van der Waals surface area contributed by atoms with Gasteiger partial charge in [-0.2, -0.15) is 0 Å². The molecule has 0 aliphatic rings. The predicted octanol–water partition coefficient (Wildman–Crippen LogP) is 0.815. The number of anilines is 1. The molecule has 0 heterocycles. The second kappa shape index (κ2) is 6.08. The number of carbonyl (C=O) groups excluding carboxylic acids is 1. The molecule has 0 bridgehead atoms. The zero-order valence-corrected chi connectivity index (χ0v) is 10.2. The molecule has 3 N–H and O–H groups in total. The Bertz CT molecular complexity index is 458. The van der Waals surface area contributed by atoms with Crippen LogP contribution in [0.2, 0.25) is 0 Å². The molecule has 0 radical (unpaired) electrons. The molecular formula is C11H15N3O4. The number of hydrogen-bond donors (Lipinski definition) is 2. The molecule has 0 saturated carbocycles. The molecular weight excluding hydrogens is 238 g/mol. The van der Waals surface area contributed by atoms with Gasteiger partial charge in [0.15, 0.2) is 0 Å². The van der Waals surface area contributed by atoms with Gasteiger partial charge < -0.3 is 15.8 Å². The number of non-ortho nitro benzene ring substituents is 1. The predicted molar refractivity (Wildman–Crippen MR) is 66.3 cm³/mol. The summed E-state index contributed by atoms with van der Waals surface area (Å²) in [5.74, 6) is -0.427. The van der Waals surface area contributed by atoms with Crippen LogP contribution in [-0.2, 0) is 9.53 Å². The summed E-state index contributed by atoms with van der Waals surface area (Å²) in [5, 5.41) is 13.2. The molecule has 1 aromatic carbocycles. The van der Waals surface area contributed by atoms with Gasteiger partial charge in [-0.05, 0) is 12.5 Å². The van der Waals surface area contributed by atoms with Gasteiger partial charge in [-0.25, -0.2) is 0 Å². The monoisotopic (exact) mass is 253 g/mol.